The smallest absolute Gasteiger partial charge is 0.213 e. The average Bonchev–Trinajstić information content (AvgIpc) is 3.28. The van der Waals surface area contributed by atoms with Gasteiger partial charge in [0.25, 0.3) is 0 Å². The molecule has 40 heavy (non-hydrogen) atoms. The molecule has 2 heterocycles. The Hall–Kier alpha value is -2.11. The van der Waals surface area contributed by atoms with E-state index in [1.807, 2.05) is 6.20 Å². The standard InChI is InChI=1S/C35H56N4O/c1-25(37-29-21-31(22-29)40-32-20-27(15-18-36-32)33(2,3)4)14-17-35(8,9)23-26-10-12-30(13-11-26)39-19-16-28(24-39)38-34(5,6)7/h10-13,15,18,20,25,28-29,31,37-38H,14,16-17,19,21-24H2,1-9H3/t25-,28-,29-,31-/m1/s1. The van der Waals surface area contributed by atoms with E-state index in [4.69, 9.17) is 4.74 Å². The maximum absolute atomic E-state index is 6.19. The van der Waals surface area contributed by atoms with Crippen molar-refractivity contribution >= 4 is 5.69 Å². The SMILES string of the molecule is C[C@H](CCC(C)(C)Cc1ccc(N2CC[C@@H](NC(C)(C)C)C2)cc1)N[C@H]1C[C@H](Oc2cc(C(C)(C)C)ccn2)C1. The van der Waals surface area contributed by atoms with Crippen molar-refractivity contribution in [2.75, 3.05) is 18.0 Å². The van der Waals surface area contributed by atoms with Gasteiger partial charge >= 0.3 is 0 Å². The molecule has 5 heteroatoms. The second-order valence-corrected chi connectivity index (χ2v) is 15.5. The number of aromatic nitrogens is 1. The molecule has 4 rings (SSSR count). The van der Waals surface area contributed by atoms with Crippen molar-refractivity contribution in [1.29, 1.82) is 0 Å². The van der Waals surface area contributed by atoms with Crippen molar-refractivity contribution < 1.29 is 4.74 Å². The Morgan fingerprint density at radius 1 is 0.975 bits per heavy atom. The van der Waals surface area contributed by atoms with Gasteiger partial charge in [-0.1, -0.05) is 46.8 Å². The molecule has 1 aliphatic heterocycles. The number of benzene rings is 1. The first-order valence-corrected chi connectivity index (χ1v) is 15.7. The molecule has 2 aromatic rings. The predicted molar refractivity (Wildman–Crippen MR) is 170 cm³/mol. The summed E-state index contributed by atoms with van der Waals surface area (Å²) in [7, 11) is 0. The first-order chi connectivity index (χ1) is 18.6. The predicted octanol–water partition coefficient (Wildman–Crippen LogP) is 7.28. The molecule has 2 N–H and O–H groups in total. The molecule has 0 amide bonds. The fraction of sp³-hybridized carbons (Fsp3) is 0.686. The van der Waals surface area contributed by atoms with Gasteiger partial charge in [-0.15, -0.1) is 0 Å². The van der Waals surface area contributed by atoms with E-state index in [9.17, 15) is 0 Å². The van der Waals surface area contributed by atoms with Crippen LogP contribution >= 0.6 is 0 Å². The molecule has 0 spiro atoms. The Kier molecular flexibility index (Phi) is 9.56. The van der Waals surface area contributed by atoms with Crippen LogP contribution in [0, 0.1) is 5.41 Å². The van der Waals surface area contributed by atoms with Crippen LogP contribution in [0.2, 0.25) is 0 Å². The molecule has 222 valence electrons. The summed E-state index contributed by atoms with van der Waals surface area (Å²) in [5.74, 6) is 0.765. The monoisotopic (exact) mass is 548 g/mol. The van der Waals surface area contributed by atoms with Crippen LogP contribution in [0.25, 0.3) is 0 Å². The Balaban J connectivity index is 1.16. The van der Waals surface area contributed by atoms with Gasteiger partial charge in [-0.2, -0.15) is 0 Å². The van der Waals surface area contributed by atoms with Gasteiger partial charge in [-0.05, 0) is 106 Å². The van der Waals surface area contributed by atoms with Crippen LogP contribution in [0.4, 0.5) is 5.69 Å². The molecule has 1 aromatic heterocycles. The topological polar surface area (TPSA) is 49.4 Å². The number of nitrogens with one attached hydrogen (secondary N) is 2. The third kappa shape index (κ3) is 9.21. The number of rotatable bonds is 11. The van der Waals surface area contributed by atoms with E-state index in [0.29, 0.717) is 18.1 Å². The summed E-state index contributed by atoms with van der Waals surface area (Å²) in [5.41, 5.74) is 4.64. The molecule has 1 saturated heterocycles. The van der Waals surface area contributed by atoms with Crippen molar-refractivity contribution in [1.82, 2.24) is 15.6 Å². The lowest BCUT2D eigenvalue weighted by molar-refractivity contribution is 0.0746. The molecule has 1 saturated carbocycles. The van der Waals surface area contributed by atoms with E-state index in [-0.39, 0.29) is 22.5 Å². The van der Waals surface area contributed by atoms with Crippen LogP contribution in [0.15, 0.2) is 42.6 Å². The van der Waals surface area contributed by atoms with Crippen LogP contribution in [-0.4, -0.2) is 47.8 Å². The van der Waals surface area contributed by atoms with Gasteiger partial charge < -0.3 is 20.3 Å². The fourth-order valence-electron chi connectivity index (χ4n) is 6.19. The molecule has 0 bridgehead atoms. The third-order valence-electron chi connectivity index (χ3n) is 8.57. The average molecular weight is 549 g/mol. The summed E-state index contributed by atoms with van der Waals surface area (Å²) in [6.07, 6.45) is 9.01. The van der Waals surface area contributed by atoms with E-state index in [0.717, 1.165) is 38.2 Å². The van der Waals surface area contributed by atoms with Gasteiger partial charge in [-0.25, -0.2) is 4.98 Å². The summed E-state index contributed by atoms with van der Waals surface area (Å²) < 4.78 is 6.19. The second kappa shape index (κ2) is 12.4. The quantitative estimate of drug-likeness (QED) is 0.309. The van der Waals surface area contributed by atoms with Gasteiger partial charge in [0.2, 0.25) is 5.88 Å². The lowest BCUT2D eigenvalue weighted by Gasteiger charge is -2.38. The van der Waals surface area contributed by atoms with Crippen molar-refractivity contribution in [3.63, 3.8) is 0 Å². The Morgan fingerprint density at radius 2 is 1.68 bits per heavy atom. The summed E-state index contributed by atoms with van der Waals surface area (Å²) in [6, 6.07) is 15.2. The summed E-state index contributed by atoms with van der Waals surface area (Å²) in [5, 5.41) is 7.61. The van der Waals surface area contributed by atoms with Gasteiger partial charge in [0, 0.05) is 54.7 Å². The molecule has 0 unspecified atom stereocenters. The molecule has 1 aromatic carbocycles. The van der Waals surface area contributed by atoms with Crippen molar-refractivity contribution in [2.24, 2.45) is 5.41 Å². The number of nitrogens with zero attached hydrogens (tertiary/aromatic N) is 2. The molecular weight excluding hydrogens is 492 g/mol. The van der Waals surface area contributed by atoms with E-state index >= 15 is 0 Å². The minimum absolute atomic E-state index is 0.110. The molecule has 2 fully saturated rings. The van der Waals surface area contributed by atoms with Gasteiger partial charge in [0.1, 0.15) is 6.10 Å². The number of hydrogen-bond acceptors (Lipinski definition) is 5. The molecular formula is C35H56N4O. The zero-order valence-electron chi connectivity index (χ0n) is 26.8. The van der Waals surface area contributed by atoms with E-state index in [1.54, 1.807) is 0 Å². The minimum atomic E-state index is 0.110. The van der Waals surface area contributed by atoms with Gasteiger partial charge in [-0.3, -0.25) is 0 Å². The largest absolute Gasteiger partial charge is 0.474 e. The molecule has 5 nitrogen and oxygen atoms in total. The van der Waals surface area contributed by atoms with Crippen molar-refractivity contribution in [3.05, 3.63) is 53.7 Å². The lowest BCUT2D eigenvalue weighted by atomic mass is 9.80. The maximum Gasteiger partial charge on any atom is 0.213 e. The normalized spacial score (nSPS) is 22.7. The van der Waals surface area contributed by atoms with Crippen LogP contribution in [0.5, 0.6) is 5.88 Å². The number of hydrogen-bond donors (Lipinski definition) is 2. The second-order valence-electron chi connectivity index (χ2n) is 15.5. The zero-order chi connectivity index (χ0) is 29.1. The lowest BCUT2D eigenvalue weighted by Crippen LogP contribution is -2.50. The molecule has 2 atom stereocenters. The summed E-state index contributed by atoms with van der Waals surface area (Å²) >= 11 is 0. The van der Waals surface area contributed by atoms with Crippen molar-refractivity contribution in [2.45, 2.75) is 136 Å². The highest BCUT2D eigenvalue weighted by Gasteiger charge is 2.32. The summed E-state index contributed by atoms with van der Waals surface area (Å²) in [4.78, 5) is 6.97. The fourth-order valence-corrected chi connectivity index (χ4v) is 6.19. The van der Waals surface area contributed by atoms with Gasteiger partial charge in [0.05, 0.1) is 0 Å². The Labute approximate surface area is 244 Å². The van der Waals surface area contributed by atoms with E-state index in [1.165, 1.54) is 36.1 Å². The van der Waals surface area contributed by atoms with Crippen LogP contribution in [0.3, 0.4) is 0 Å². The number of ether oxygens (including phenoxy) is 1. The zero-order valence-corrected chi connectivity index (χ0v) is 26.8. The first kappa shape index (κ1) is 30.8. The third-order valence-corrected chi connectivity index (χ3v) is 8.57. The minimum Gasteiger partial charge on any atom is -0.474 e. The molecule has 1 aliphatic carbocycles. The number of anilines is 1. The van der Waals surface area contributed by atoms with E-state index in [2.05, 4.69) is 119 Å². The molecule has 0 radical (unpaired) electrons. The Morgan fingerprint density at radius 3 is 2.33 bits per heavy atom. The van der Waals surface area contributed by atoms with Crippen LogP contribution in [0.1, 0.15) is 106 Å². The maximum atomic E-state index is 6.19. The van der Waals surface area contributed by atoms with Crippen LogP contribution in [-0.2, 0) is 11.8 Å². The van der Waals surface area contributed by atoms with E-state index < -0.39 is 0 Å². The summed E-state index contributed by atoms with van der Waals surface area (Å²) in [6.45, 7) is 22.9. The van der Waals surface area contributed by atoms with Gasteiger partial charge in [0.15, 0.2) is 0 Å². The highest BCUT2D eigenvalue weighted by Crippen LogP contribution is 2.32. The van der Waals surface area contributed by atoms with Crippen LogP contribution < -0.4 is 20.3 Å². The number of pyridine rings is 1. The molecule has 2 aliphatic rings. The highest BCUT2D eigenvalue weighted by atomic mass is 16.5. The first-order valence-electron chi connectivity index (χ1n) is 15.7. The Bertz CT molecular complexity index is 1080. The highest BCUT2D eigenvalue weighted by molar-refractivity contribution is 5.49. The van der Waals surface area contributed by atoms with Crippen molar-refractivity contribution in [3.8, 4) is 5.88 Å².